The molecule has 3 rings (SSSR count). The van der Waals surface area contributed by atoms with Crippen molar-refractivity contribution in [1.29, 1.82) is 0 Å². The van der Waals surface area contributed by atoms with Crippen LogP contribution in [0.5, 0.6) is 11.5 Å². The van der Waals surface area contributed by atoms with Crippen LogP contribution in [0.25, 0.3) is 0 Å². The van der Waals surface area contributed by atoms with E-state index in [0.717, 1.165) is 30.2 Å². The Hall–Kier alpha value is -3.11. The van der Waals surface area contributed by atoms with Crippen molar-refractivity contribution in [2.75, 3.05) is 18.4 Å². The van der Waals surface area contributed by atoms with Crippen molar-refractivity contribution >= 4 is 11.6 Å². The zero-order chi connectivity index (χ0) is 18.7. The average Bonchev–Trinajstić information content (AvgIpc) is 2.71. The van der Waals surface area contributed by atoms with E-state index in [-0.39, 0.29) is 5.91 Å². The molecule has 3 aromatic rings. The van der Waals surface area contributed by atoms with Crippen molar-refractivity contribution in [3.63, 3.8) is 0 Å². The van der Waals surface area contributed by atoms with Gasteiger partial charge in [-0.1, -0.05) is 48.5 Å². The van der Waals surface area contributed by atoms with Crippen molar-refractivity contribution in [3.05, 3.63) is 90.5 Å². The molecule has 4 nitrogen and oxygen atoms in total. The maximum Gasteiger partial charge on any atom is 0.225 e. The zero-order valence-electron chi connectivity index (χ0n) is 15.2. The molecule has 2 N–H and O–H groups in total. The van der Waals surface area contributed by atoms with Crippen LogP contribution in [-0.2, 0) is 11.2 Å². The molecule has 0 aliphatic heterocycles. The topological polar surface area (TPSA) is 50.4 Å². The van der Waals surface area contributed by atoms with Gasteiger partial charge in [-0.15, -0.1) is 0 Å². The second-order valence-electron chi connectivity index (χ2n) is 6.22. The Morgan fingerprint density at radius 1 is 0.741 bits per heavy atom. The Morgan fingerprint density at radius 3 is 2.07 bits per heavy atom. The van der Waals surface area contributed by atoms with Crippen LogP contribution < -0.4 is 15.4 Å². The zero-order valence-corrected chi connectivity index (χ0v) is 15.2. The van der Waals surface area contributed by atoms with Crippen LogP contribution in [0.15, 0.2) is 84.9 Å². The molecule has 0 radical (unpaired) electrons. The van der Waals surface area contributed by atoms with E-state index in [1.807, 2.05) is 72.8 Å². The highest BCUT2D eigenvalue weighted by atomic mass is 16.5. The smallest absolute Gasteiger partial charge is 0.225 e. The number of ether oxygens (including phenoxy) is 1. The molecule has 4 heteroatoms. The van der Waals surface area contributed by atoms with Gasteiger partial charge < -0.3 is 15.4 Å². The van der Waals surface area contributed by atoms with Crippen LogP contribution in [0.2, 0.25) is 0 Å². The molecule has 0 saturated heterocycles. The second kappa shape index (κ2) is 10.1. The second-order valence-corrected chi connectivity index (χ2v) is 6.22. The van der Waals surface area contributed by atoms with Crippen LogP contribution >= 0.6 is 0 Å². The average molecular weight is 360 g/mol. The molecule has 138 valence electrons. The van der Waals surface area contributed by atoms with Crippen molar-refractivity contribution in [2.24, 2.45) is 0 Å². The summed E-state index contributed by atoms with van der Waals surface area (Å²) in [5, 5.41) is 6.21. The lowest BCUT2D eigenvalue weighted by Gasteiger charge is -2.09. The molecule has 0 saturated carbocycles. The molecule has 0 unspecified atom stereocenters. The third-order valence-corrected chi connectivity index (χ3v) is 4.08. The Balaban J connectivity index is 1.35. The number of hydrogen-bond donors (Lipinski definition) is 2. The third-order valence-electron chi connectivity index (χ3n) is 4.08. The lowest BCUT2D eigenvalue weighted by atomic mass is 10.1. The molecule has 0 aromatic heterocycles. The molecule has 0 bridgehead atoms. The van der Waals surface area contributed by atoms with Crippen molar-refractivity contribution in [2.45, 2.75) is 12.8 Å². The van der Waals surface area contributed by atoms with E-state index in [9.17, 15) is 4.79 Å². The lowest BCUT2D eigenvalue weighted by molar-refractivity contribution is -0.116. The van der Waals surface area contributed by atoms with Gasteiger partial charge in [0.15, 0.2) is 0 Å². The molecule has 0 fully saturated rings. The fourth-order valence-electron chi connectivity index (χ4n) is 2.66. The van der Waals surface area contributed by atoms with E-state index in [4.69, 9.17) is 4.74 Å². The molecular formula is C23H24N2O2. The van der Waals surface area contributed by atoms with Gasteiger partial charge in [-0.25, -0.2) is 0 Å². The quantitative estimate of drug-likeness (QED) is 0.547. The molecule has 3 aromatic carbocycles. The number of hydrogen-bond acceptors (Lipinski definition) is 3. The summed E-state index contributed by atoms with van der Waals surface area (Å²) in [6.45, 7) is 1.52. The molecule has 0 heterocycles. The normalized spacial score (nSPS) is 10.4. The van der Waals surface area contributed by atoms with Gasteiger partial charge in [-0.3, -0.25) is 4.79 Å². The number of rotatable bonds is 9. The Bertz CT molecular complexity index is 818. The molecule has 0 spiro atoms. The molecule has 0 aliphatic carbocycles. The summed E-state index contributed by atoms with van der Waals surface area (Å²) in [5.74, 6) is 1.52. The van der Waals surface area contributed by atoms with E-state index >= 15 is 0 Å². The minimum atomic E-state index is -0.000983. The number of nitrogens with one attached hydrogen (secondary N) is 2. The summed E-state index contributed by atoms with van der Waals surface area (Å²) in [6.07, 6.45) is 1.41. The van der Waals surface area contributed by atoms with E-state index in [2.05, 4.69) is 22.8 Å². The standard InChI is InChI=1S/C23H24N2O2/c26-23(16-18-24-17-15-19-7-3-1-4-8-19)25-20-11-13-22(14-12-20)27-21-9-5-2-6-10-21/h1-14,24H,15-18H2,(H,25,26). The first-order chi connectivity index (χ1) is 13.3. The highest BCUT2D eigenvalue weighted by Crippen LogP contribution is 2.22. The maximum absolute atomic E-state index is 12.0. The fraction of sp³-hybridized carbons (Fsp3) is 0.174. The molecule has 0 atom stereocenters. The third kappa shape index (κ3) is 6.60. The van der Waals surface area contributed by atoms with Crippen LogP contribution in [0.1, 0.15) is 12.0 Å². The first kappa shape index (κ1) is 18.7. The van der Waals surface area contributed by atoms with Gasteiger partial charge in [-0.2, -0.15) is 0 Å². The Kier molecular flexibility index (Phi) is 7.01. The molecule has 0 aliphatic rings. The minimum Gasteiger partial charge on any atom is -0.457 e. The molecule has 27 heavy (non-hydrogen) atoms. The summed E-state index contributed by atoms with van der Waals surface area (Å²) in [5.41, 5.74) is 2.07. The monoisotopic (exact) mass is 360 g/mol. The van der Waals surface area contributed by atoms with E-state index in [0.29, 0.717) is 13.0 Å². The summed E-state index contributed by atoms with van der Waals surface area (Å²) in [6, 6.07) is 27.3. The van der Waals surface area contributed by atoms with E-state index in [1.54, 1.807) is 0 Å². The van der Waals surface area contributed by atoms with Gasteiger partial charge >= 0.3 is 0 Å². The predicted molar refractivity (Wildman–Crippen MR) is 109 cm³/mol. The minimum absolute atomic E-state index is 0.000983. The molecular weight excluding hydrogens is 336 g/mol. The summed E-state index contributed by atoms with van der Waals surface area (Å²) in [7, 11) is 0. The van der Waals surface area contributed by atoms with Gasteiger partial charge in [0.1, 0.15) is 11.5 Å². The summed E-state index contributed by atoms with van der Waals surface area (Å²) in [4.78, 5) is 12.0. The van der Waals surface area contributed by atoms with Crippen molar-refractivity contribution < 1.29 is 9.53 Å². The van der Waals surface area contributed by atoms with E-state index in [1.165, 1.54) is 5.56 Å². The van der Waals surface area contributed by atoms with Crippen LogP contribution in [-0.4, -0.2) is 19.0 Å². The number of anilines is 1. The first-order valence-electron chi connectivity index (χ1n) is 9.17. The van der Waals surface area contributed by atoms with Crippen LogP contribution in [0.3, 0.4) is 0 Å². The highest BCUT2D eigenvalue weighted by molar-refractivity contribution is 5.90. The number of para-hydroxylation sites is 1. The number of carbonyl (C=O) groups excluding carboxylic acids is 1. The van der Waals surface area contributed by atoms with Gasteiger partial charge in [-0.05, 0) is 54.9 Å². The summed E-state index contributed by atoms with van der Waals surface area (Å²) < 4.78 is 5.74. The van der Waals surface area contributed by atoms with Crippen molar-refractivity contribution in [3.8, 4) is 11.5 Å². The van der Waals surface area contributed by atoms with Crippen LogP contribution in [0, 0.1) is 0 Å². The Morgan fingerprint density at radius 2 is 1.37 bits per heavy atom. The maximum atomic E-state index is 12.0. The SMILES string of the molecule is O=C(CCNCCc1ccccc1)Nc1ccc(Oc2ccccc2)cc1. The van der Waals surface area contributed by atoms with Gasteiger partial charge in [0.25, 0.3) is 0 Å². The lowest BCUT2D eigenvalue weighted by Crippen LogP contribution is -2.23. The van der Waals surface area contributed by atoms with E-state index < -0.39 is 0 Å². The van der Waals surface area contributed by atoms with Gasteiger partial charge in [0.05, 0.1) is 0 Å². The largest absolute Gasteiger partial charge is 0.457 e. The Labute approximate surface area is 160 Å². The van der Waals surface area contributed by atoms with Crippen LogP contribution in [0.4, 0.5) is 5.69 Å². The number of benzene rings is 3. The molecule has 1 amide bonds. The number of carbonyl (C=O) groups is 1. The number of amides is 1. The highest BCUT2D eigenvalue weighted by Gasteiger charge is 2.03. The fourth-order valence-corrected chi connectivity index (χ4v) is 2.66. The summed E-state index contributed by atoms with van der Waals surface area (Å²) >= 11 is 0. The van der Waals surface area contributed by atoms with Crippen molar-refractivity contribution in [1.82, 2.24) is 5.32 Å². The predicted octanol–water partition coefficient (Wildman–Crippen LogP) is 4.64. The van der Waals surface area contributed by atoms with Gasteiger partial charge in [0, 0.05) is 18.7 Å². The van der Waals surface area contributed by atoms with Gasteiger partial charge in [0.2, 0.25) is 5.91 Å². The first-order valence-corrected chi connectivity index (χ1v) is 9.17.